The van der Waals surface area contributed by atoms with Gasteiger partial charge in [-0.3, -0.25) is 0 Å². The number of carbonyl (C=O) groups is 1. The highest BCUT2D eigenvalue weighted by Crippen LogP contribution is 2.22. The monoisotopic (exact) mass is 403 g/mol. The number of nitrogens with zero attached hydrogens (tertiary/aromatic N) is 3. The Morgan fingerprint density at radius 3 is 2.50 bits per heavy atom. The lowest BCUT2D eigenvalue weighted by molar-refractivity contribution is 0.0473. The predicted octanol–water partition coefficient (Wildman–Crippen LogP) is 3.96. The molecule has 0 saturated heterocycles. The van der Waals surface area contributed by atoms with Gasteiger partial charge in [0.15, 0.2) is 5.82 Å². The van der Waals surface area contributed by atoms with Crippen molar-refractivity contribution in [1.82, 2.24) is 14.8 Å². The van der Waals surface area contributed by atoms with Crippen LogP contribution >= 0.6 is 0 Å². The molecule has 4 rings (SSSR count). The zero-order chi connectivity index (χ0) is 21.4. The molecule has 7 nitrogen and oxygen atoms in total. The molecule has 152 valence electrons. The molecule has 0 amide bonds. The first-order valence-electron chi connectivity index (χ1n) is 9.52. The molecule has 0 fully saturated rings. The van der Waals surface area contributed by atoms with Gasteiger partial charge in [-0.25, -0.2) is 19.3 Å². The molecule has 0 atom stereocenters. The van der Waals surface area contributed by atoms with E-state index in [0.717, 1.165) is 27.9 Å². The van der Waals surface area contributed by atoms with Crippen LogP contribution < -0.4 is 5.63 Å². The van der Waals surface area contributed by atoms with Gasteiger partial charge in [-0.05, 0) is 69.2 Å². The van der Waals surface area contributed by atoms with E-state index in [9.17, 15) is 9.59 Å². The summed E-state index contributed by atoms with van der Waals surface area (Å²) in [6, 6.07) is 10.4. The average Bonchev–Trinajstić information content (AvgIpc) is 3.05. The summed E-state index contributed by atoms with van der Waals surface area (Å²) in [6.45, 7) is 7.73. The van der Waals surface area contributed by atoms with E-state index in [4.69, 9.17) is 9.15 Å². The summed E-state index contributed by atoms with van der Waals surface area (Å²) in [5.41, 5.74) is 4.85. The molecular formula is C23H21N3O4. The van der Waals surface area contributed by atoms with Gasteiger partial charge >= 0.3 is 11.6 Å². The zero-order valence-electron chi connectivity index (χ0n) is 17.2. The van der Waals surface area contributed by atoms with Crippen LogP contribution in [0.2, 0.25) is 0 Å². The van der Waals surface area contributed by atoms with Crippen molar-refractivity contribution in [3.05, 3.63) is 86.7 Å². The van der Waals surface area contributed by atoms with Gasteiger partial charge in [0.1, 0.15) is 12.2 Å². The molecule has 0 aliphatic carbocycles. The maximum atomic E-state index is 12.5. The van der Waals surface area contributed by atoms with E-state index in [1.54, 1.807) is 16.8 Å². The number of pyridine rings is 1. The van der Waals surface area contributed by atoms with E-state index in [2.05, 4.69) is 10.1 Å². The molecule has 0 spiro atoms. The van der Waals surface area contributed by atoms with Crippen LogP contribution in [0.5, 0.6) is 0 Å². The lowest BCUT2D eigenvalue weighted by atomic mass is 10.0. The van der Waals surface area contributed by atoms with Crippen molar-refractivity contribution in [3.63, 3.8) is 0 Å². The molecule has 0 radical (unpaired) electrons. The molecule has 0 N–H and O–H groups in total. The molecule has 30 heavy (non-hydrogen) atoms. The van der Waals surface area contributed by atoms with E-state index < -0.39 is 11.6 Å². The van der Waals surface area contributed by atoms with Crippen LogP contribution in [0.25, 0.3) is 16.8 Å². The molecule has 7 heteroatoms. The first-order chi connectivity index (χ1) is 14.3. The lowest BCUT2D eigenvalue weighted by Gasteiger charge is -2.09. The Balaban J connectivity index is 1.54. The average molecular weight is 403 g/mol. The number of esters is 1. The smallest absolute Gasteiger partial charge is 0.340 e. The summed E-state index contributed by atoms with van der Waals surface area (Å²) < 4.78 is 12.4. The number of hydrogen-bond donors (Lipinski definition) is 0. The van der Waals surface area contributed by atoms with Crippen LogP contribution in [-0.2, 0) is 11.3 Å². The summed E-state index contributed by atoms with van der Waals surface area (Å²) >= 11 is 0. The number of benzene rings is 1. The minimum absolute atomic E-state index is 0.0390. The van der Waals surface area contributed by atoms with Gasteiger partial charge in [-0.15, -0.1) is 0 Å². The highest BCUT2D eigenvalue weighted by atomic mass is 16.5. The van der Waals surface area contributed by atoms with Crippen molar-refractivity contribution in [2.24, 2.45) is 0 Å². The van der Waals surface area contributed by atoms with Crippen LogP contribution in [0, 0.1) is 27.7 Å². The molecule has 1 aromatic carbocycles. The lowest BCUT2D eigenvalue weighted by Crippen LogP contribution is -2.09. The van der Waals surface area contributed by atoms with Gasteiger partial charge in [-0.2, -0.15) is 5.10 Å². The van der Waals surface area contributed by atoms with Crippen LogP contribution in [-0.4, -0.2) is 20.7 Å². The fourth-order valence-electron chi connectivity index (χ4n) is 3.32. The van der Waals surface area contributed by atoms with Crippen molar-refractivity contribution < 1.29 is 13.9 Å². The number of aromatic nitrogens is 3. The van der Waals surface area contributed by atoms with Crippen LogP contribution in [0.4, 0.5) is 0 Å². The summed E-state index contributed by atoms with van der Waals surface area (Å²) in [5.74, 6) is 0.0994. The van der Waals surface area contributed by atoms with E-state index in [1.165, 1.54) is 12.3 Å². The van der Waals surface area contributed by atoms with Gasteiger partial charge in [0.25, 0.3) is 0 Å². The second-order valence-corrected chi connectivity index (χ2v) is 7.34. The highest BCUT2D eigenvalue weighted by molar-refractivity contribution is 5.89. The van der Waals surface area contributed by atoms with Crippen molar-refractivity contribution >= 4 is 16.9 Å². The number of carbonyl (C=O) groups excluding carboxylic acids is 1. The van der Waals surface area contributed by atoms with E-state index in [0.29, 0.717) is 22.5 Å². The summed E-state index contributed by atoms with van der Waals surface area (Å²) in [6.07, 6.45) is 1.46. The molecule has 0 aliphatic heterocycles. The highest BCUT2D eigenvalue weighted by Gasteiger charge is 2.13. The third-order valence-corrected chi connectivity index (χ3v) is 5.01. The molecule has 4 aromatic rings. The zero-order valence-corrected chi connectivity index (χ0v) is 17.2. The van der Waals surface area contributed by atoms with Gasteiger partial charge < -0.3 is 9.15 Å². The summed E-state index contributed by atoms with van der Waals surface area (Å²) in [7, 11) is 0. The molecule has 3 aromatic heterocycles. The van der Waals surface area contributed by atoms with Gasteiger partial charge in [0, 0.05) is 28.9 Å². The molecule has 0 unspecified atom stereocenters. The molecule has 3 heterocycles. The molecule has 0 bridgehead atoms. The van der Waals surface area contributed by atoms with Crippen LogP contribution in [0.1, 0.15) is 38.4 Å². The topological polar surface area (TPSA) is 87.2 Å². The van der Waals surface area contributed by atoms with Gasteiger partial charge in [0.2, 0.25) is 0 Å². The number of ether oxygens (including phenoxy) is 1. The first-order valence-corrected chi connectivity index (χ1v) is 9.52. The van der Waals surface area contributed by atoms with Crippen molar-refractivity contribution in [2.45, 2.75) is 34.3 Å². The Bertz CT molecular complexity index is 1320. The van der Waals surface area contributed by atoms with Crippen molar-refractivity contribution in [1.29, 1.82) is 0 Å². The van der Waals surface area contributed by atoms with Crippen molar-refractivity contribution in [2.75, 3.05) is 0 Å². The largest absolute Gasteiger partial charge is 0.457 e. The first kappa shape index (κ1) is 19.6. The minimum atomic E-state index is -0.521. The number of hydrogen-bond acceptors (Lipinski definition) is 6. The third-order valence-electron chi connectivity index (χ3n) is 5.01. The Morgan fingerprint density at radius 1 is 1.07 bits per heavy atom. The summed E-state index contributed by atoms with van der Waals surface area (Å²) in [4.78, 5) is 28.7. The number of aryl methyl sites for hydroxylation is 4. The fourth-order valence-corrected chi connectivity index (χ4v) is 3.32. The quantitative estimate of drug-likeness (QED) is 0.379. The Kier molecular flexibility index (Phi) is 4.95. The third kappa shape index (κ3) is 3.74. The fraction of sp³-hybridized carbons (Fsp3) is 0.217. The normalized spacial score (nSPS) is 11.1. The molecular weight excluding hydrogens is 382 g/mol. The SMILES string of the molecule is Cc1cc(C)n(-c2ccc(C(=O)OCc3cc(=O)oc4cc(C)c(C)cc34)cn2)n1. The Hall–Kier alpha value is -3.74. The Morgan fingerprint density at radius 2 is 1.83 bits per heavy atom. The van der Waals surface area contributed by atoms with Gasteiger partial charge in [0.05, 0.1) is 11.3 Å². The molecule has 0 saturated carbocycles. The van der Waals surface area contributed by atoms with E-state index >= 15 is 0 Å². The second-order valence-electron chi connectivity index (χ2n) is 7.34. The minimum Gasteiger partial charge on any atom is -0.457 e. The van der Waals surface area contributed by atoms with Crippen LogP contribution in [0.15, 0.2) is 51.8 Å². The maximum absolute atomic E-state index is 12.5. The van der Waals surface area contributed by atoms with E-state index in [1.807, 2.05) is 45.9 Å². The van der Waals surface area contributed by atoms with Gasteiger partial charge in [-0.1, -0.05) is 0 Å². The molecule has 0 aliphatic rings. The second kappa shape index (κ2) is 7.59. The Labute approximate surface area is 172 Å². The maximum Gasteiger partial charge on any atom is 0.340 e. The standard InChI is InChI=1S/C23H21N3O4/c1-13-7-19-18(10-22(27)30-20(19)8-14(13)2)12-29-23(28)17-5-6-21(24-11-17)26-16(4)9-15(3)25-26/h5-11H,12H2,1-4H3. The van der Waals surface area contributed by atoms with Crippen LogP contribution in [0.3, 0.4) is 0 Å². The number of rotatable bonds is 4. The summed E-state index contributed by atoms with van der Waals surface area (Å²) in [5, 5.41) is 5.13. The van der Waals surface area contributed by atoms with Crippen molar-refractivity contribution in [3.8, 4) is 5.82 Å². The predicted molar refractivity (Wildman–Crippen MR) is 112 cm³/mol. The van der Waals surface area contributed by atoms with E-state index in [-0.39, 0.29) is 6.61 Å². The number of fused-ring (bicyclic) bond motifs is 1.